The molecule has 0 bridgehead atoms. The second kappa shape index (κ2) is 3.13. The summed E-state index contributed by atoms with van der Waals surface area (Å²) in [6, 6.07) is 1.93. The fraction of sp³-hybridized carbons (Fsp3) is 0.111. The van der Waals surface area contributed by atoms with Gasteiger partial charge in [-0.25, -0.2) is 9.97 Å². The van der Waals surface area contributed by atoms with Crippen LogP contribution in [0.3, 0.4) is 0 Å². The van der Waals surface area contributed by atoms with Crippen LogP contribution in [0.5, 0.6) is 0 Å². The standard InChI is InChI=1S/C9H9N5.ClH/c10-5-1-6-2-7-8(11)12-4-13-9(7)14(6)3-5;/h1,3-4H,2,10H2,(H2,11,12,13);1H. The zero-order valence-corrected chi connectivity index (χ0v) is 8.66. The number of nitrogen functional groups attached to an aromatic ring is 2. The maximum atomic E-state index is 5.75. The van der Waals surface area contributed by atoms with E-state index in [1.807, 2.05) is 16.8 Å². The van der Waals surface area contributed by atoms with Crippen LogP contribution >= 0.6 is 12.4 Å². The van der Waals surface area contributed by atoms with Gasteiger partial charge in [0.1, 0.15) is 18.0 Å². The van der Waals surface area contributed by atoms with Crippen LogP contribution in [0.1, 0.15) is 11.3 Å². The highest BCUT2D eigenvalue weighted by Crippen LogP contribution is 2.30. The number of aromatic nitrogens is 3. The molecule has 1 aliphatic rings. The lowest BCUT2D eigenvalue weighted by atomic mass is 10.2. The molecule has 0 unspecified atom stereocenters. The molecule has 3 heterocycles. The predicted molar refractivity (Wildman–Crippen MR) is 60.2 cm³/mol. The van der Waals surface area contributed by atoms with Crippen LogP contribution in [0, 0.1) is 0 Å². The van der Waals surface area contributed by atoms with Crippen molar-refractivity contribution >= 4 is 23.9 Å². The largest absolute Gasteiger partial charge is 0.397 e. The molecule has 15 heavy (non-hydrogen) atoms. The van der Waals surface area contributed by atoms with Gasteiger partial charge in [0.2, 0.25) is 0 Å². The van der Waals surface area contributed by atoms with Gasteiger partial charge in [-0.1, -0.05) is 0 Å². The van der Waals surface area contributed by atoms with Gasteiger partial charge in [0, 0.05) is 23.9 Å². The molecule has 6 heteroatoms. The molecule has 5 nitrogen and oxygen atoms in total. The Kier molecular flexibility index (Phi) is 2.04. The molecule has 78 valence electrons. The number of halogens is 1. The lowest BCUT2D eigenvalue weighted by Gasteiger charge is -2.01. The third kappa shape index (κ3) is 1.24. The molecule has 4 N–H and O–H groups in total. The van der Waals surface area contributed by atoms with Crippen molar-refractivity contribution in [2.24, 2.45) is 0 Å². The first-order valence-corrected chi connectivity index (χ1v) is 4.32. The minimum absolute atomic E-state index is 0. The second-order valence-electron chi connectivity index (χ2n) is 3.37. The van der Waals surface area contributed by atoms with Crippen molar-refractivity contribution in [3.05, 3.63) is 29.8 Å². The van der Waals surface area contributed by atoms with E-state index in [9.17, 15) is 0 Å². The molecule has 0 radical (unpaired) electrons. The molecule has 0 amide bonds. The van der Waals surface area contributed by atoms with E-state index in [-0.39, 0.29) is 12.4 Å². The van der Waals surface area contributed by atoms with Crippen LogP contribution in [-0.4, -0.2) is 14.5 Å². The van der Waals surface area contributed by atoms with Gasteiger partial charge in [0.05, 0.1) is 5.69 Å². The highest BCUT2D eigenvalue weighted by atomic mass is 35.5. The average molecular weight is 224 g/mol. The van der Waals surface area contributed by atoms with Crippen LogP contribution in [0.4, 0.5) is 11.5 Å². The Hall–Kier alpha value is -1.75. The Morgan fingerprint density at radius 1 is 1.27 bits per heavy atom. The minimum atomic E-state index is 0. The van der Waals surface area contributed by atoms with Crippen molar-refractivity contribution in [1.29, 1.82) is 0 Å². The highest BCUT2D eigenvalue weighted by molar-refractivity contribution is 5.85. The van der Waals surface area contributed by atoms with Gasteiger partial charge in [-0.15, -0.1) is 12.4 Å². The number of nitrogens with two attached hydrogens (primary N) is 2. The molecule has 2 aromatic rings. The number of anilines is 2. The summed E-state index contributed by atoms with van der Waals surface area (Å²) in [6.07, 6.45) is 4.09. The van der Waals surface area contributed by atoms with E-state index in [2.05, 4.69) is 9.97 Å². The highest BCUT2D eigenvalue weighted by Gasteiger charge is 2.22. The van der Waals surface area contributed by atoms with E-state index in [4.69, 9.17) is 11.5 Å². The molecule has 0 spiro atoms. The molecule has 0 saturated heterocycles. The third-order valence-corrected chi connectivity index (χ3v) is 2.46. The maximum Gasteiger partial charge on any atom is 0.146 e. The number of hydrogen-bond donors (Lipinski definition) is 2. The number of hydrogen-bond acceptors (Lipinski definition) is 4. The summed E-state index contributed by atoms with van der Waals surface area (Å²) < 4.78 is 1.96. The topological polar surface area (TPSA) is 82.8 Å². The quantitative estimate of drug-likeness (QED) is 0.589. The summed E-state index contributed by atoms with van der Waals surface area (Å²) in [5, 5.41) is 0. The number of rotatable bonds is 0. The van der Waals surface area contributed by atoms with Crippen molar-refractivity contribution in [1.82, 2.24) is 14.5 Å². The van der Waals surface area contributed by atoms with Crippen LogP contribution in [-0.2, 0) is 6.42 Å². The van der Waals surface area contributed by atoms with Gasteiger partial charge in [-0.2, -0.15) is 0 Å². The fourth-order valence-corrected chi connectivity index (χ4v) is 1.84. The number of fused-ring (bicyclic) bond motifs is 3. The van der Waals surface area contributed by atoms with Crippen LogP contribution in [0.15, 0.2) is 18.6 Å². The van der Waals surface area contributed by atoms with Gasteiger partial charge in [0.25, 0.3) is 0 Å². The maximum absolute atomic E-state index is 5.75. The molecule has 0 fully saturated rings. The van der Waals surface area contributed by atoms with Crippen LogP contribution in [0.2, 0.25) is 0 Å². The first-order valence-electron chi connectivity index (χ1n) is 4.32. The van der Waals surface area contributed by atoms with E-state index in [0.29, 0.717) is 5.82 Å². The zero-order chi connectivity index (χ0) is 9.71. The smallest absolute Gasteiger partial charge is 0.146 e. The normalized spacial score (nSPS) is 11.7. The second-order valence-corrected chi connectivity index (χ2v) is 3.37. The van der Waals surface area contributed by atoms with Gasteiger partial charge in [-0.3, -0.25) is 0 Å². The Morgan fingerprint density at radius 3 is 2.87 bits per heavy atom. The lowest BCUT2D eigenvalue weighted by molar-refractivity contribution is 0.992. The lowest BCUT2D eigenvalue weighted by Crippen LogP contribution is -2.00. The van der Waals surface area contributed by atoms with Gasteiger partial charge in [0.15, 0.2) is 0 Å². The van der Waals surface area contributed by atoms with Crippen molar-refractivity contribution < 1.29 is 0 Å². The predicted octanol–water partition coefficient (Wildman–Crippen LogP) is 0.758. The summed E-state index contributed by atoms with van der Waals surface area (Å²) in [7, 11) is 0. The summed E-state index contributed by atoms with van der Waals surface area (Å²) in [6.45, 7) is 0. The minimum Gasteiger partial charge on any atom is -0.397 e. The summed E-state index contributed by atoms with van der Waals surface area (Å²) in [5.41, 5.74) is 14.3. The third-order valence-electron chi connectivity index (χ3n) is 2.46. The number of nitrogens with zero attached hydrogens (tertiary/aromatic N) is 3. The zero-order valence-electron chi connectivity index (χ0n) is 7.84. The Labute approximate surface area is 92.5 Å². The molecular weight excluding hydrogens is 214 g/mol. The SMILES string of the molecule is Cl.Nc1cc2n(c1)-c1ncnc(N)c1C2. The Bertz CT molecular complexity index is 519. The van der Waals surface area contributed by atoms with Crippen molar-refractivity contribution in [3.8, 4) is 5.82 Å². The summed E-state index contributed by atoms with van der Waals surface area (Å²) >= 11 is 0. The van der Waals surface area contributed by atoms with Crippen molar-refractivity contribution in [3.63, 3.8) is 0 Å². The van der Waals surface area contributed by atoms with Gasteiger partial charge >= 0.3 is 0 Å². The first-order chi connectivity index (χ1) is 6.75. The van der Waals surface area contributed by atoms with Crippen LogP contribution in [0.25, 0.3) is 5.82 Å². The molecule has 1 aliphatic heterocycles. The molecule has 0 aromatic carbocycles. The average Bonchev–Trinajstić information content (AvgIpc) is 2.63. The van der Waals surface area contributed by atoms with Crippen LogP contribution < -0.4 is 11.5 Å². The Morgan fingerprint density at radius 2 is 2.07 bits per heavy atom. The monoisotopic (exact) mass is 223 g/mol. The van der Waals surface area contributed by atoms with Gasteiger partial charge < -0.3 is 16.0 Å². The van der Waals surface area contributed by atoms with E-state index in [1.54, 1.807) is 0 Å². The first kappa shape index (κ1) is 9.79. The molecule has 3 rings (SSSR count). The molecule has 0 aliphatic carbocycles. The van der Waals surface area contributed by atoms with E-state index >= 15 is 0 Å². The van der Waals surface area contributed by atoms with Crippen molar-refractivity contribution in [2.75, 3.05) is 11.5 Å². The summed E-state index contributed by atoms with van der Waals surface area (Å²) in [5.74, 6) is 1.40. The van der Waals surface area contributed by atoms with Crippen molar-refractivity contribution in [2.45, 2.75) is 6.42 Å². The van der Waals surface area contributed by atoms with Gasteiger partial charge in [-0.05, 0) is 6.07 Å². The molecule has 0 atom stereocenters. The Balaban J connectivity index is 0.000000853. The summed E-state index contributed by atoms with van der Waals surface area (Å²) in [4.78, 5) is 8.15. The van der Waals surface area contributed by atoms with E-state index in [1.165, 1.54) is 6.33 Å². The van der Waals surface area contributed by atoms with E-state index < -0.39 is 0 Å². The molecular formula is C9H10ClN5. The molecule has 0 saturated carbocycles. The fourth-order valence-electron chi connectivity index (χ4n) is 1.84. The molecule has 2 aromatic heterocycles. The van der Waals surface area contributed by atoms with E-state index in [0.717, 1.165) is 29.2 Å².